The van der Waals surface area contributed by atoms with E-state index in [9.17, 15) is 8.42 Å². The lowest BCUT2D eigenvalue weighted by atomic mass is 9.97. The second kappa shape index (κ2) is 4.67. The fraction of sp³-hybridized carbons (Fsp3) is 0.571. The van der Waals surface area contributed by atoms with Gasteiger partial charge in [0.1, 0.15) is 0 Å². The molecule has 0 atom stereocenters. The molecule has 0 unspecified atom stereocenters. The van der Waals surface area contributed by atoms with Gasteiger partial charge in [0, 0.05) is 0 Å². The van der Waals surface area contributed by atoms with Gasteiger partial charge < -0.3 is 5.73 Å². The van der Waals surface area contributed by atoms with Crippen molar-refractivity contribution < 1.29 is 8.42 Å². The average Bonchev–Trinajstić information content (AvgIpc) is 3.10. The Morgan fingerprint density at radius 3 is 2.17 bits per heavy atom. The van der Waals surface area contributed by atoms with E-state index in [-0.39, 0.29) is 5.25 Å². The minimum atomic E-state index is -3.15. The van der Waals surface area contributed by atoms with Gasteiger partial charge in [-0.2, -0.15) is 0 Å². The molecule has 4 heteroatoms. The van der Waals surface area contributed by atoms with E-state index in [1.165, 1.54) is 18.4 Å². The molecule has 0 radical (unpaired) electrons. The fourth-order valence-electron chi connectivity index (χ4n) is 2.13. The molecule has 2 rings (SSSR count). The molecule has 1 aliphatic rings. The Morgan fingerprint density at radius 2 is 1.78 bits per heavy atom. The van der Waals surface area contributed by atoms with Crippen LogP contribution in [-0.2, 0) is 16.3 Å². The molecule has 2 N–H and O–H groups in total. The second-order valence-electron chi connectivity index (χ2n) is 5.62. The maximum Gasteiger partial charge on any atom is 0.180 e. The highest BCUT2D eigenvalue weighted by molar-refractivity contribution is 7.92. The van der Waals surface area contributed by atoms with Gasteiger partial charge in [-0.1, -0.05) is 12.1 Å². The van der Waals surface area contributed by atoms with Gasteiger partial charge in [-0.25, -0.2) is 8.42 Å². The van der Waals surface area contributed by atoms with E-state index in [4.69, 9.17) is 5.73 Å². The quantitative estimate of drug-likeness (QED) is 0.889. The summed E-state index contributed by atoms with van der Waals surface area (Å²) in [5.41, 5.74) is 7.23. The normalized spacial score (nSPS) is 18.0. The van der Waals surface area contributed by atoms with Gasteiger partial charge in [0.05, 0.1) is 10.1 Å². The number of nitrogens with two attached hydrogens (primary N) is 1. The molecule has 1 aliphatic carbocycles. The molecule has 0 aromatic heterocycles. The van der Waals surface area contributed by atoms with Crippen molar-refractivity contribution in [2.45, 2.75) is 43.3 Å². The summed E-state index contributed by atoms with van der Waals surface area (Å²) in [6.07, 6.45) is 3.34. The standard InChI is InChI=1S/C14H21NO2S/c1-11(2)18(16,17)13-5-3-12(4-6-13)9-14(10-15)7-8-14/h3-6,11H,7-10,15H2,1-2H3. The highest BCUT2D eigenvalue weighted by Gasteiger charge is 2.40. The van der Waals surface area contributed by atoms with Gasteiger partial charge in [0.2, 0.25) is 0 Å². The van der Waals surface area contributed by atoms with Crippen LogP contribution < -0.4 is 5.73 Å². The van der Waals surface area contributed by atoms with Crippen LogP contribution in [0, 0.1) is 5.41 Å². The van der Waals surface area contributed by atoms with Gasteiger partial charge in [-0.3, -0.25) is 0 Å². The zero-order valence-electron chi connectivity index (χ0n) is 11.0. The van der Waals surface area contributed by atoms with Crippen LogP contribution in [0.2, 0.25) is 0 Å². The lowest BCUT2D eigenvalue weighted by Gasteiger charge is -2.13. The van der Waals surface area contributed by atoms with E-state index in [0.717, 1.165) is 13.0 Å². The summed E-state index contributed by atoms with van der Waals surface area (Å²) in [5.74, 6) is 0. The molecule has 0 bridgehead atoms. The topological polar surface area (TPSA) is 60.2 Å². The Bertz CT molecular complexity index is 513. The third-order valence-electron chi connectivity index (χ3n) is 3.84. The first-order valence-corrected chi connectivity index (χ1v) is 7.97. The third-order valence-corrected chi connectivity index (χ3v) is 6.01. The summed E-state index contributed by atoms with van der Waals surface area (Å²) in [6.45, 7) is 4.13. The van der Waals surface area contributed by atoms with Crippen molar-refractivity contribution >= 4 is 9.84 Å². The van der Waals surface area contributed by atoms with Crippen molar-refractivity contribution in [3.63, 3.8) is 0 Å². The Kier molecular flexibility index (Phi) is 3.52. The van der Waals surface area contributed by atoms with Crippen LogP contribution in [0.25, 0.3) is 0 Å². The summed E-state index contributed by atoms with van der Waals surface area (Å²) in [4.78, 5) is 0.416. The number of rotatable bonds is 5. The van der Waals surface area contributed by atoms with E-state index in [2.05, 4.69) is 0 Å². The zero-order chi connectivity index (χ0) is 13.4. The van der Waals surface area contributed by atoms with Crippen molar-refractivity contribution in [2.75, 3.05) is 6.54 Å². The van der Waals surface area contributed by atoms with Crippen LogP contribution >= 0.6 is 0 Å². The largest absolute Gasteiger partial charge is 0.330 e. The predicted molar refractivity (Wildman–Crippen MR) is 73.2 cm³/mol. The molecule has 18 heavy (non-hydrogen) atoms. The van der Waals surface area contributed by atoms with E-state index in [1.54, 1.807) is 26.0 Å². The van der Waals surface area contributed by atoms with Gasteiger partial charge in [0.15, 0.2) is 9.84 Å². The van der Waals surface area contributed by atoms with Crippen molar-refractivity contribution in [1.29, 1.82) is 0 Å². The maximum absolute atomic E-state index is 12.0. The molecule has 1 saturated carbocycles. The van der Waals surface area contributed by atoms with E-state index in [0.29, 0.717) is 10.3 Å². The summed E-state index contributed by atoms with van der Waals surface area (Å²) in [6, 6.07) is 7.28. The molecule has 1 aromatic carbocycles. The van der Waals surface area contributed by atoms with Crippen LogP contribution in [0.5, 0.6) is 0 Å². The first kappa shape index (κ1) is 13.6. The van der Waals surface area contributed by atoms with Crippen LogP contribution in [0.4, 0.5) is 0 Å². The first-order chi connectivity index (χ1) is 8.39. The van der Waals surface area contributed by atoms with Crippen LogP contribution in [-0.4, -0.2) is 20.2 Å². The lowest BCUT2D eigenvalue weighted by molar-refractivity contribution is 0.521. The Balaban J connectivity index is 2.16. The summed E-state index contributed by atoms with van der Waals surface area (Å²) >= 11 is 0. The van der Waals surface area contributed by atoms with Crippen LogP contribution in [0.1, 0.15) is 32.3 Å². The molecular formula is C14H21NO2S. The predicted octanol–water partition coefficient (Wildman–Crippen LogP) is 2.15. The highest BCUT2D eigenvalue weighted by Crippen LogP contribution is 2.47. The van der Waals surface area contributed by atoms with Gasteiger partial charge >= 0.3 is 0 Å². The third kappa shape index (κ3) is 2.59. The smallest absolute Gasteiger partial charge is 0.180 e. The monoisotopic (exact) mass is 267 g/mol. The van der Waals surface area contributed by atoms with Crippen LogP contribution in [0.15, 0.2) is 29.2 Å². The number of hydrogen-bond donors (Lipinski definition) is 1. The number of sulfone groups is 1. The van der Waals surface area contributed by atoms with Crippen LogP contribution in [0.3, 0.4) is 0 Å². The van der Waals surface area contributed by atoms with Gasteiger partial charge in [0.25, 0.3) is 0 Å². The summed E-state index contributed by atoms with van der Waals surface area (Å²) in [7, 11) is -3.15. The van der Waals surface area contributed by atoms with Crippen molar-refractivity contribution in [1.82, 2.24) is 0 Å². The highest BCUT2D eigenvalue weighted by atomic mass is 32.2. The molecule has 0 amide bonds. The minimum Gasteiger partial charge on any atom is -0.330 e. The molecule has 1 aromatic rings. The number of benzene rings is 1. The van der Waals surface area contributed by atoms with Gasteiger partial charge in [-0.15, -0.1) is 0 Å². The molecule has 100 valence electrons. The molecular weight excluding hydrogens is 246 g/mol. The molecule has 1 fully saturated rings. The Hall–Kier alpha value is -0.870. The first-order valence-electron chi connectivity index (χ1n) is 6.43. The Morgan fingerprint density at radius 1 is 1.22 bits per heavy atom. The minimum absolute atomic E-state index is 0.290. The molecule has 0 spiro atoms. The summed E-state index contributed by atoms with van der Waals surface area (Å²) < 4.78 is 24.0. The molecule has 0 saturated heterocycles. The zero-order valence-corrected chi connectivity index (χ0v) is 11.8. The van der Waals surface area contributed by atoms with Crippen molar-refractivity contribution in [3.05, 3.63) is 29.8 Å². The van der Waals surface area contributed by atoms with Crippen molar-refractivity contribution in [2.24, 2.45) is 11.1 Å². The molecule has 0 heterocycles. The second-order valence-corrected chi connectivity index (χ2v) is 8.12. The average molecular weight is 267 g/mol. The maximum atomic E-state index is 12.0. The molecule has 3 nitrogen and oxygen atoms in total. The lowest BCUT2D eigenvalue weighted by Crippen LogP contribution is -2.18. The van der Waals surface area contributed by atoms with Gasteiger partial charge in [-0.05, 0) is 62.8 Å². The summed E-state index contributed by atoms with van der Waals surface area (Å²) in [5, 5.41) is -0.373. The fourth-order valence-corrected chi connectivity index (χ4v) is 3.19. The van der Waals surface area contributed by atoms with E-state index in [1.807, 2.05) is 12.1 Å². The number of hydrogen-bond acceptors (Lipinski definition) is 3. The van der Waals surface area contributed by atoms with E-state index >= 15 is 0 Å². The Labute approximate surface area is 109 Å². The van der Waals surface area contributed by atoms with Crippen molar-refractivity contribution in [3.8, 4) is 0 Å². The van der Waals surface area contributed by atoms with E-state index < -0.39 is 9.84 Å². The SMILES string of the molecule is CC(C)S(=O)(=O)c1ccc(CC2(CN)CC2)cc1. The molecule has 0 aliphatic heterocycles.